The Morgan fingerprint density at radius 3 is 2.35 bits per heavy atom. The molecular formula is C8H10N6O5S. The second kappa shape index (κ2) is 5.50. The molecular weight excluding hydrogens is 292 g/mol. The molecule has 0 aliphatic rings. The lowest BCUT2D eigenvalue weighted by Gasteiger charge is -2.01. The summed E-state index contributed by atoms with van der Waals surface area (Å²) in [6.07, 6.45) is 0. The molecule has 11 nitrogen and oxygen atoms in total. The first kappa shape index (κ1) is 15.3. The fourth-order valence-corrected chi connectivity index (χ4v) is 1.69. The van der Waals surface area contributed by atoms with E-state index < -0.39 is 37.5 Å². The van der Waals surface area contributed by atoms with Crippen molar-refractivity contribution in [1.82, 2.24) is 0 Å². The number of aliphatic imine (C=N–C) groups is 2. The van der Waals surface area contributed by atoms with Crippen LogP contribution in [0.15, 0.2) is 33.1 Å². The molecule has 0 aliphatic heterocycles. The van der Waals surface area contributed by atoms with Gasteiger partial charge < -0.3 is 17.2 Å². The predicted molar refractivity (Wildman–Crippen MR) is 70.0 cm³/mol. The molecule has 108 valence electrons. The van der Waals surface area contributed by atoms with Crippen LogP contribution in [-0.2, 0) is 10.1 Å². The molecule has 0 saturated heterocycles. The first-order valence-electron chi connectivity index (χ1n) is 4.81. The molecule has 7 N–H and O–H groups in total. The SMILES string of the molecule is NC(N)=NC(N)=Nc1ccc(S(=O)(=O)O)cc1[N+](=O)[O-]. The Labute approximate surface area is 112 Å². The Morgan fingerprint density at radius 1 is 1.30 bits per heavy atom. The molecule has 1 rings (SSSR count). The van der Waals surface area contributed by atoms with Crippen molar-refractivity contribution in [3.63, 3.8) is 0 Å². The summed E-state index contributed by atoms with van der Waals surface area (Å²) in [5.74, 6) is -0.851. The number of benzene rings is 1. The Kier molecular flexibility index (Phi) is 4.21. The average Bonchev–Trinajstić information content (AvgIpc) is 2.26. The number of nitro benzene ring substituents is 1. The van der Waals surface area contributed by atoms with Gasteiger partial charge in [-0.2, -0.15) is 13.4 Å². The van der Waals surface area contributed by atoms with E-state index in [2.05, 4.69) is 9.98 Å². The maximum atomic E-state index is 10.9. The van der Waals surface area contributed by atoms with E-state index in [0.29, 0.717) is 6.07 Å². The highest BCUT2D eigenvalue weighted by Crippen LogP contribution is 2.29. The van der Waals surface area contributed by atoms with Crippen LogP contribution in [0.25, 0.3) is 0 Å². The molecule has 0 heterocycles. The largest absolute Gasteiger partial charge is 0.370 e. The van der Waals surface area contributed by atoms with Gasteiger partial charge in [0.15, 0.2) is 5.96 Å². The molecule has 0 fully saturated rings. The Hall–Kier alpha value is -2.73. The van der Waals surface area contributed by atoms with Gasteiger partial charge in [-0.15, -0.1) is 0 Å². The fraction of sp³-hybridized carbons (Fsp3) is 0. The summed E-state index contributed by atoms with van der Waals surface area (Å²) in [5, 5.41) is 10.8. The van der Waals surface area contributed by atoms with Crippen molar-refractivity contribution in [2.45, 2.75) is 4.90 Å². The zero-order valence-electron chi connectivity index (χ0n) is 9.79. The lowest BCUT2D eigenvalue weighted by molar-refractivity contribution is -0.384. The lowest BCUT2D eigenvalue weighted by Crippen LogP contribution is -2.26. The van der Waals surface area contributed by atoms with Crippen molar-refractivity contribution in [3.8, 4) is 0 Å². The van der Waals surface area contributed by atoms with Crippen LogP contribution in [0.1, 0.15) is 0 Å². The third-order valence-electron chi connectivity index (χ3n) is 1.92. The summed E-state index contributed by atoms with van der Waals surface area (Å²) < 4.78 is 30.6. The smallest absolute Gasteiger partial charge is 0.296 e. The van der Waals surface area contributed by atoms with Crippen LogP contribution in [0, 0.1) is 10.1 Å². The van der Waals surface area contributed by atoms with Crippen LogP contribution in [0.4, 0.5) is 11.4 Å². The summed E-state index contributed by atoms with van der Waals surface area (Å²) in [5.41, 5.74) is 14.4. The van der Waals surface area contributed by atoms with E-state index in [1.807, 2.05) is 0 Å². The topological polar surface area (TPSA) is 200 Å². The highest BCUT2D eigenvalue weighted by molar-refractivity contribution is 7.85. The number of nitrogens with zero attached hydrogens (tertiary/aromatic N) is 3. The van der Waals surface area contributed by atoms with E-state index in [1.165, 1.54) is 0 Å². The minimum absolute atomic E-state index is 0.273. The van der Waals surface area contributed by atoms with Crippen molar-refractivity contribution >= 4 is 33.4 Å². The zero-order valence-corrected chi connectivity index (χ0v) is 10.6. The third kappa shape index (κ3) is 3.89. The first-order chi connectivity index (χ1) is 9.11. The highest BCUT2D eigenvalue weighted by Gasteiger charge is 2.19. The maximum absolute atomic E-state index is 10.9. The molecule has 0 amide bonds. The highest BCUT2D eigenvalue weighted by atomic mass is 32.2. The van der Waals surface area contributed by atoms with E-state index in [-0.39, 0.29) is 5.69 Å². The van der Waals surface area contributed by atoms with Crippen molar-refractivity contribution in [3.05, 3.63) is 28.3 Å². The van der Waals surface area contributed by atoms with Crippen LogP contribution in [0.5, 0.6) is 0 Å². The van der Waals surface area contributed by atoms with Gasteiger partial charge in [-0.25, -0.2) is 4.99 Å². The summed E-state index contributed by atoms with van der Waals surface area (Å²) in [6.45, 7) is 0. The molecule has 0 saturated carbocycles. The Balaban J connectivity index is 3.43. The molecule has 0 atom stereocenters. The zero-order chi connectivity index (χ0) is 15.5. The van der Waals surface area contributed by atoms with Crippen molar-refractivity contribution in [2.75, 3.05) is 0 Å². The lowest BCUT2D eigenvalue weighted by atomic mass is 10.3. The summed E-state index contributed by atoms with van der Waals surface area (Å²) in [4.78, 5) is 16.2. The molecule has 0 spiro atoms. The van der Waals surface area contributed by atoms with Gasteiger partial charge in [0, 0.05) is 6.07 Å². The minimum Gasteiger partial charge on any atom is -0.370 e. The molecule has 0 unspecified atom stereocenters. The molecule has 0 aromatic heterocycles. The van der Waals surface area contributed by atoms with Crippen molar-refractivity contribution in [2.24, 2.45) is 27.2 Å². The standard InChI is InChI=1S/C8H10N6O5S/c9-7(10)13-8(11)12-5-2-1-4(20(17,18)19)3-6(5)14(15)16/h1-3H,(H,17,18,19)(H6,9,10,11,12,13). The van der Waals surface area contributed by atoms with E-state index in [0.717, 1.165) is 12.1 Å². The fourth-order valence-electron chi connectivity index (χ4n) is 1.19. The molecule has 0 radical (unpaired) electrons. The van der Waals surface area contributed by atoms with E-state index in [9.17, 15) is 18.5 Å². The van der Waals surface area contributed by atoms with Gasteiger partial charge in [0.2, 0.25) is 5.96 Å². The summed E-state index contributed by atoms with van der Waals surface area (Å²) >= 11 is 0. The van der Waals surface area contributed by atoms with Crippen LogP contribution in [0.3, 0.4) is 0 Å². The van der Waals surface area contributed by atoms with Gasteiger partial charge >= 0.3 is 0 Å². The number of guanidine groups is 2. The van der Waals surface area contributed by atoms with Gasteiger partial charge in [0.1, 0.15) is 10.6 Å². The second-order valence-electron chi connectivity index (χ2n) is 3.39. The Morgan fingerprint density at radius 2 is 1.90 bits per heavy atom. The maximum Gasteiger partial charge on any atom is 0.296 e. The number of hydrogen-bond donors (Lipinski definition) is 4. The van der Waals surface area contributed by atoms with Gasteiger partial charge in [0.05, 0.1) is 4.92 Å². The quantitative estimate of drug-likeness (QED) is 0.180. The van der Waals surface area contributed by atoms with Crippen LogP contribution >= 0.6 is 0 Å². The molecule has 20 heavy (non-hydrogen) atoms. The third-order valence-corrected chi connectivity index (χ3v) is 2.77. The molecule has 1 aromatic carbocycles. The molecule has 0 aliphatic carbocycles. The number of rotatable bonds is 3. The van der Waals surface area contributed by atoms with Crippen molar-refractivity contribution in [1.29, 1.82) is 0 Å². The molecule has 0 bridgehead atoms. The Bertz CT molecular complexity index is 706. The number of nitrogens with two attached hydrogens (primary N) is 3. The van der Waals surface area contributed by atoms with Gasteiger partial charge in [0.25, 0.3) is 15.8 Å². The van der Waals surface area contributed by atoms with Crippen LogP contribution in [0.2, 0.25) is 0 Å². The first-order valence-corrected chi connectivity index (χ1v) is 6.25. The second-order valence-corrected chi connectivity index (χ2v) is 4.81. The number of nitro groups is 1. The van der Waals surface area contributed by atoms with Gasteiger partial charge in [-0.3, -0.25) is 14.7 Å². The summed E-state index contributed by atoms with van der Waals surface area (Å²) in [7, 11) is -4.57. The van der Waals surface area contributed by atoms with Crippen LogP contribution in [-0.4, -0.2) is 29.8 Å². The van der Waals surface area contributed by atoms with Crippen molar-refractivity contribution < 1.29 is 17.9 Å². The van der Waals surface area contributed by atoms with Gasteiger partial charge in [-0.1, -0.05) is 0 Å². The monoisotopic (exact) mass is 302 g/mol. The van der Waals surface area contributed by atoms with Crippen LogP contribution < -0.4 is 17.2 Å². The van der Waals surface area contributed by atoms with E-state index in [4.69, 9.17) is 21.8 Å². The van der Waals surface area contributed by atoms with Gasteiger partial charge in [-0.05, 0) is 12.1 Å². The summed E-state index contributed by atoms with van der Waals surface area (Å²) in [6, 6.07) is 2.54. The molecule has 12 heteroatoms. The number of hydrogen-bond acceptors (Lipinski definition) is 5. The van der Waals surface area contributed by atoms with E-state index >= 15 is 0 Å². The normalized spacial score (nSPS) is 11.9. The minimum atomic E-state index is -4.57. The average molecular weight is 302 g/mol. The predicted octanol–water partition coefficient (Wildman–Crippen LogP) is -0.939. The molecule has 1 aromatic rings. The van der Waals surface area contributed by atoms with E-state index in [1.54, 1.807) is 0 Å².